The zero-order valence-corrected chi connectivity index (χ0v) is 20.4. The van der Waals surface area contributed by atoms with E-state index in [4.69, 9.17) is 11.6 Å². The molecule has 4 aromatic rings. The second-order valence-electron chi connectivity index (χ2n) is 7.87. The molecular weight excluding hydrogens is 517 g/mol. The zero-order chi connectivity index (χ0) is 26.2. The van der Waals surface area contributed by atoms with Gasteiger partial charge < -0.3 is 10.6 Å². The number of rotatable bonds is 5. The van der Waals surface area contributed by atoms with Gasteiger partial charge in [0.05, 0.1) is 32.9 Å². The lowest BCUT2D eigenvalue weighted by molar-refractivity contribution is -0.137. The predicted octanol–water partition coefficient (Wildman–Crippen LogP) is 5.89. The Kier molecular flexibility index (Phi) is 6.87. The van der Waals surface area contributed by atoms with Crippen molar-refractivity contribution < 1.29 is 22.8 Å². The summed E-state index contributed by atoms with van der Waals surface area (Å²) < 4.78 is 40.2. The number of anilines is 2. The van der Waals surface area contributed by atoms with E-state index in [9.17, 15) is 27.6 Å². The van der Waals surface area contributed by atoms with E-state index in [2.05, 4.69) is 15.6 Å². The molecule has 186 valence electrons. The van der Waals surface area contributed by atoms with Gasteiger partial charge in [-0.25, -0.2) is 4.98 Å². The summed E-state index contributed by atoms with van der Waals surface area (Å²) in [6.07, 6.45) is -3.46. The molecule has 4 rings (SSSR count). The first-order valence-electron chi connectivity index (χ1n) is 10.5. The number of aromatic nitrogens is 2. The number of aryl methyl sites for hydroxylation is 1. The van der Waals surface area contributed by atoms with Crippen molar-refractivity contribution in [3.05, 3.63) is 86.2 Å². The molecule has 1 atom stereocenters. The summed E-state index contributed by atoms with van der Waals surface area (Å²) in [6.45, 7) is 3.01. The molecule has 2 aromatic heterocycles. The van der Waals surface area contributed by atoms with Crippen molar-refractivity contribution in [1.29, 1.82) is 0 Å². The van der Waals surface area contributed by atoms with Gasteiger partial charge in [-0.3, -0.25) is 19.0 Å². The summed E-state index contributed by atoms with van der Waals surface area (Å²) in [5, 5.41) is 5.19. The van der Waals surface area contributed by atoms with Gasteiger partial charge in [-0.1, -0.05) is 29.8 Å². The van der Waals surface area contributed by atoms with Crippen LogP contribution in [0.5, 0.6) is 0 Å². The van der Waals surface area contributed by atoms with Crippen LogP contribution in [-0.2, 0) is 11.0 Å². The molecule has 0 aliphatic carbocycles. The lowest BCUT2D eigenvalue weighted by Crippen LogP contribution is -2.32. The van der Waals surface area contributed by atoms with Crippen LogP contribution in [0.3, 0.4) is 0 Å². The van der Waals surface area contributed by atoms with Gasteiger partial charge in [0, 0.05) is 5.69 Å². The molecule has 36 heavy (non-hydrogen) atoms. The van der Waals surface area contributed by atoms with Gasteiger partial charge in [0.25, 0.3) is 11.5 Å². The third-order valence-electron chi connectivity index (χ3n) is 5.46. The first kappa shape index (κ1) is 25.4. The molecule has 0 radical (unpaired) electrons. The molecule has 2 N–H and O–H groups in total. The quantitative estimate of drug-likeness (QED) is 0.334. The van der Waals surface area contributed by atoms with E-state index >= 15 is 0 Å². The minimum Gasteiger partial charge on any atom is -0.323 e. The third kappa shape index (κ3) is 4.98. The number of carbonyl (C=O) groups is 2. The molecule has 0 spiro atoms. The maximum absolute atomic E-state index is 13.2. The van der Waals surface area contributed by atoms with E-state index in [-0.39, 0.29) is 16.1 Å². The van der Waals surface area contributed by atoms with Crippen LogP contribution in [0.15, 0.2) is 59.7 Å². The van der Waals surface area contributed by atoms with E-state index < -0.39 is 35.2 Å². The average molecular weight is 535 g/mol. The number of nitrogens with one attached hydrogen (secondary N) is 2. The third-order valence-corrected chi connectivity index (χ3v) is 6.99. The maximum atomic E-state index is 13.2. The van der Waals surface area contributed by atoms with E-state index in [1.165, 1.54) is 6.92 Å². The molecule has 2 amide bonds. The van der Waals surface area contributed by atoms with Crippen LogP contribution in [0.4, 0.5) is 24.5 Å². The maximum Gasteiger partial charge on any atom is 0.416 e. The van der Waals surface area contributed by atoms with Gasteiger partial charge in [-0.05, 0) is 49.7 Å². The molecule has 0 saturated carbocycles. The molecule has 0 bridgehead atoms. The number of alkyl halides is 3. The van der Waals surface area contributed by atoms with Crippen molar-refractivity contribution in [2.24, 2.45) is 0 Å². The van der Waals surface area contributed by atoms with Gasteiger partial charge in [0.2, 0.25) is 5.91 Å². The number of para-hydroxylation sites is 1. The molecule has 0 fully saturated rings. The van der Waals surface area contributed by atoms with Crippen molar-refractivity contribution in [2.45, 2.75) is 26.1 Å². The SMILES string of the molecule is Cc1c(C(=O)Nc2ccccc2)sc2ncn(C(C)C(=O)Nc3cc(C(F)(F)F)ccc3Cl)c(=O)c12. The number of amides is 2. The van der Waals surface area contributed by atoms with Crippen LogP contribution in [-0.4, -0.2) is 21.4 Å². The smallest absolute Gasteiger partial charge is 0.323 e. The molecular formula is C24H18ClF3N4O3S. The van der Waals surface area contributed by atoms with Crippen molar-refractivity contribution in [3.63, 3.8) is 0 Å². The van der Waals surface area contributed by atoms with Crippen LogP contribution in [0.1, 0.15) is 33.8 Å². The first-order valence-corrected chi connectivity index (χ1v) is 11.7. The van der Waals surface area contributed by atoms with Crippen molar-refractivity contribution >= 4 is 56.3 Å². The van der Waals surface area contributed by atoms with Crippen LogP contribution in [0, 0.1) is 6.92 Å². The van der Waals surface area contributed by atoms with Gasteiger partial charge >= 0.3 is 6.18 Å². The first-order chi connectivity index (χ1) is 17.0. The van der Waals surface area contributed by atoms with Crippen molar-refractivity contribution in [2.75, 3.05) is 10.6 Å². The summed E-state index contributed by atoms with van der Waals surface area (Å²) in [5.41, 5.74) is -0.792. The largest absolute Gasteiger partial charge is 0.416 e. The van der Waals surface area contributed by atoms with Crippen LogP contribution in [0.2, 0.25) is 5.02 Å². The highest BCUT2D eigenvalue weighted by Crippen LogP contribution is 2.34. The minimum atomic E-state index is -4.62. The van der Waals surface area contributed by atoms with Crippen molar-refractivity contribution in [3.8, 4) is 0 Å². The Morgan fingerprint density at radius 2 is 1.81 bits per heavy atom. The van der Waals surface area contributed by atoms with E-state index in [1.54, 1.807) is 31.2 Å². The number of benzene rings is 2. The number of carbonyl (C=O) groups excluding carboxylic acids is 2. The molecule has 2 heterocycles. The fourth-order valence-corrected chi connectivity index (χ4v) is 4.70. The molecule has 1 unspecified atom stereocenters. The van der Waals surface area contributed by atoms with E-state index in [1.807, 2.05) is 6.07 Å². The number of thiophene rings is 1. The molecule has 2 aromatic carbocycles. The van der Waals surface area contributed by atoms with Crippen LogP contribution >= 0.6 is 22.9 Å². The Morgan fingerprint density at radius 3 is 2.47 bits per heavy atom. The van der Waals surface area contributed by atoms with Gasteiger partial charge in [0.15, 0.2) is 0 Å². The summed E-state index contributed by atoms with van der Waals surface area (Å²) in [5.74, 6) is -1.17. The summed E-state index contributed by atoms with van der Waals surface area (Å²) in [7, 11) is 0. The molecule has 0 aliphatic rings. The van der Waals surface area contributed by atoms with Crippen molar-refractivity contribution in [1.82, 2.24) is 9.55 Å². The Morgan fingerprint density at radius 1 is 1.11 bits per heavy atom. The van der Waals surface area contributed by atoms with Gasteiger partial charge in [-0.2, -0.15) is 13.2 Å². The number of nitrogens with zero attached hydrogens (tertiary/aromatic N) is 2. The number of halogens is 4. The summed E-state index contributed by atoms with van der Waals surface area (Å²) >= 11 is 7.00. The normalized spacial score (nSPS) is 12.4. The number of fused-ring (bicyclic) bond motifs is 1. The lowest BCUT2D eigenvalue weighted by Gasteiger charge is -2.16. The fraction of sp³-hybridized carbons (Fsp3) is 0.167. The zero-order valence-electron chi connectivity index (χ0n) is 18.8. The Bertz CT molecular complexity index is 1530. The highest BCUT2D eigenvalue weighted by atomic mass is 35.5. The minimum absolute atomic E-state index is 0.0905. The Hall–Kier alpha value is -3.70. The average Bonchev–Trinajstić information content (AvgIpc) is 3.17. The second kappa shape index (κ2) is 9.75. The van der Waals surface area contributed by atoms with E-state index in [0.717, 1.165) is 40.4 Å². The highest BCUT2D eigenvalue weighted by Gasteiger charge is 2.31. The molecule has 7 nitrogen and oxygen atoms in total. The molecule has 0 aliphatic heterocycles. The standard InChI is InChI=1S/C24H18ClF3N4O3S/c1-12-18-22(36-19(12)21(34)30-15-6-4-3-5-7-15)29-11-32(23(18)35)13(2)20(33)31-17-10-14(24(26,27)28)8-9-16(17)25/h3-11,13H,1-2H3,(H,30,34)(H,31,33). The van der Waals surface area contributed by atoms with Crippen LogP contribution in [0.25, 0.3) is 10.2 Å². The van der Waals surface area contributed by atoms with E-state index in [0.29, 0.717) is 21.0 Å². The summed E-state index contributed by atoms with van der Waals surface area (Å²) in [6, 6.07) is 10.2. The predicted molar refractivity (Wildman–Crippen MR) is 133 cm³/mol. The number of hydrogen-bond donors (Lipinski definition) is 2. The number of hydrogen-bond acceptors (Lipinski definition) is 5. The topological polar surface area (TPSA) is 93.1 Å². The molecule has 0 saturated heterocycles. The lowest BCUT2D eigenvalue weighted by atomic mass is 10.1. The monoisotopic (exact) mass is 534 g/mol. The van der Waals surface area contributed by atoms with Gasteiger partial charge in [0.1, 0.15) is 10.9 Å². The second-order valence-corrected chi connectivity index (χ2v) is 9.28. The fourth-order valence-electron chi connectivity index (χ4n) is 3.50. The van der Waals surface area contributed by atoms with Gasteiger partial charge in [-0.15, -0.1) is 11.3 Å². The summed E-state index contributed by atoms with van der Waals surface area (Å²) in [4.78, 5) is 43.7. The Labute approximate surface area is 211 Å². The Balaban J connectivity index is 1.63. The molecule has 12 heteroatoms. The highest BCUT2D eigenvalue weighted by molar-refractivity contribution is 7.20. The van der Waals surface area contributed by atoms with Crippen LogP contribution < -0.4 is 16.2 Å².